The van der Waals surface area contributed by atoms with Crippen LogP contribution in [0.15, 0.2) is 42.5 Å². The van der Waals surface area contributed by atoms with Crippen molar-refractivity contribution in [3.05, 3.63) is 63.7 Å². The molecule has 0 heterocycles. The molecule has 5 nitrogen and oxygen atoms in total. The summed E-state index contributed by atoms with van der Waals surface area (Å²) in [5, 5.41) is 14.1. The van der Waals surface area contributed by atoms with Gasteiger partial charge >= 0.3 is 0 Å². The summed E-state index contributed by atoms with van der Waals surface area (Å²) in [6.07, 6.45) is 0. The van der Waals surface area contributed by atoms with Crippen molar-refractivity contribution in [2.45, 2.75) is 13.5 Å². The van der Waals surface area contributed by atoms with Crippen molar-refractivity contribution < 1.29 is 4.92 Å². The Balaban J connectivity index is 2.40. The highest BCUT2D eigenvalue weighted by Crippen LogP contribution is 2.30. The minimum Gasteiger partial charge on any atom is -0.350 e. The largest absolute Gasteiger partial charge is 0.350 e. The standard InChI is InChI=1S/C14H15N3O2/c1-10-4-2-7-13(17(18)19)14(10)16-12-6-3-5-11(8-12)9-15/h2-8,16H,9,15H2,1H3. The van der Waals surface area contributed by atoms with Crippen LogP contribution < -0.4 is 11.1 Å². The zero-order valence-electron chi connectivity index (χ0n) is 10.6. The summed E-state index contributed by atoms with van der Waals surface area (Å²) >= 11 is 0. The zero-order chi connectivity index (χ0) is 13.8. The first-order chi connectivity index (χ1) is 9.11. The third-order valence-corrected chi connectivity index (χ3v) is 2.88. The van der Waals surface area contributed by atoms with E-state index in [9.17, 15) is 10.1 Å². The Morgan fingerprint density at radius 2 is 2.00 bits per heavy atom. The molecule has 2 rings (SSSR count). The number of aryl methyl sites for hydroxylation is 1. The van der Waals surface area contributed by atoms with E-state index in [1.54, 1.807) is 6.07 Å². The van der Waals surface area contributed by atoms with Gasteiger partial charge in [0, 0.05) is 18.3 Å². The topological polar surface area (TPSA) is 81.2 Å². The number of benzene rings is 2. The predicted octanol–water partition coefficient (Wildman–Crippen LogP) is 3.11. The first kappa shape index (κ1) is 13.0. The molecule has 0 aliphatic rings. The fourth-order valence-electron chi connectivity index (χ4n) is 1.89. The van der Waals surface area contributed by atoms with Crippen LogP contribution >= 0.6 is 0 Å². The third kappa shape index (κ3) is 2.89. The van der Waals surface area contributed by atoms with Gasteiger partial charge in [-0.2, -0.15) is 0 Å². The fourth-order valence-corrected chi connectivity index (χ4v) is 1.89. The number of rotatable bonds is 4. The summed E-state index contributed by atoms with van der Waals surface area (Å²) in [7, 11) is 0. The highest BCUT2D eigenvalue weighted by Gasteiger charge is 2.15. The van der Waals surface area contributed by atoms with Crippen molar-refractivity contribution in [1.82, 2.24) is 0 Å². The van der Waals surface area contributed by atoms with Gasteiger partial charge in [-0.05, 0) is 30.2 Å². The molecule has 5 heteroatoms. The summed E-state index contributed by atoms with van der Waals surface area (Å²) in [4.78, 5) is 10.6. The number of hydrogen-bond acceptors (Lipinski definition) is 4. The Kier molecular flexibility index (Phi) is 3.77. The van der Waals surface area contributed by atoms with E-state index in [4.69, 9.17) is 5.73 Å². The summed E-state index contributed by atoms with van der Waals surface area (Å²) in [5.41, 5.74) is 8.76. The molecule has 0 bridgehead atoms. The molecule has 0 spiro atoms. The average Bonchev–Trinajstić information content (AvgIpc) is 2.41. The average molecular weight is 257 g/mol. The van der Waals surface area contributed by atoms with Crippen LogP contribution in [0.4, 0.5) is 17.1 Å². The van der Waals surface area contributed by atoms with Gasteiger partial charge in [-0.15, -0.1) is 0 Å². The number of nitrogens with one attached hydrogen (secondary N) is 1. The summed E-state index contributed by atoms with van der Waals surface area (Å²) in [5.74, 6) is 0. The van der Waals surface area contributed by atoms with Crippen molar-refractivity contribution in [1.29, 1.82) is 0 Å². The Hall–Kier alpha value is -2.40. The van der Waals surface area contributed by atoms with Crippen molar-refractivity contribution in [2.24, 2.45) is 5.73 Å². The van der Waals surface area contributed by atoms with E-state index in [2.05, 4.69) is 5.32 Å². The predicted molar refractivity (Wildman–Crippen MR) is 75.4 cm³/mol. The smallest absolute Gasteiger partial charge is 0.292 e. The van der Waals surface area contributed by atoms with Gasteiger partial charge in [0.2, 0.25) is 0 Å². The van der Waals surface area contributed by atoms with Gasteiger partial charge < -0.3 is 11.1 Å². The number of hydrogen-bond donors (Lipinski definition) is 2. The molecule has 0 radical (unpaired) electrons. The van der Waals surface area contributed by atoms with Gasteiger partial charge in [0.25, 0.3) is 5.69 Å². The number of nitro groups is 1. The summed E-state index contributed by atoms with van der Waals surface area (Å²) < 4.78 is 0. The molecule has 0 saturated heterocycles. The van der Waals surface area contributed by atoms with Crippen molar-refractivity contribution in [3.63, 3.8) is 0 Å². The maximum absolute atomic E-state index is 11.0. The lowest BCUT2D eigenvalue weighted by atomic mass is 10.1. The third-order valence-electron chi connectivity index (χ3n) is 2.88. The molecule has 0 saturated carbocycles. The SMILES string of the molecule is Cc1cccc([N+](=O)[O-])c1Nc1cccc(CN)c1. The van der Waals surface area contributed by atoms with Crippen LogP contribution in [0.2, 0.25) is 0 Å². The molecular weight excluding hydrogens is 242 g/mol. The molecule has 3 N–H and O–H groups in total. The highest BCUT2D eigenvalue weighted by molar-refractivity contribution is 5.73. The second-order valence-electron chi connectivity index (χ2n) is 4.26. The van der Waals surface area contributed by atoms with Gasteiger partial charge in [0.05, 0.1) is 4.92 Å². The zero-order valence-corrected chi connectivity index (χ0v) is 10.6. The monoisotopic (exact) mass is 257 g/mol. The number of nitrogens with two attached hydrogens (primary N) is 1. The molecule has 0 aliphatic heterocycles. The summed E-state index contributed by atoms with van der Waals surface area (Å²) in [6.45, 7) is 2.27. The van der Waals surface area contributed by atoms with Crippen LogP contribution in [0, 0.1) is 17.0 Å². The first-order valence-corrected chi connectivity index (χ1v) is 5.92. The first-order valence-electron chi connectivity index (χ1n) is 5.92. The van der Waals surface area contributed by atoms with E-state index in [0.29, 0.717) is 12.2 Å². The number of anilines is 2. The molecule has 0 aliphatic carbocycles. The Bertz CT molecular complexity index is 611. The van der Waals surface area contributed by atoms with Gasteiger partial charge in [-0.3, -0.25) is 10.1 Å². The maximum atomic E-state index is 11.0. The maximum Gasteiger partial charge on any atom is 0.292 e. The molecule has 0 aromatic heterocycles. The molecule has 0 fully saturated rings. The van der Waals surface area contributed by atoms with Crippen LogP contribution in [0.5, 0.6) is 0 Å². The van der Waals surface area contributed by atoms with E-state index in [1.165, 1.54) is 6.07 Å². The highest BCUT2D eigenvalue weighted by atomic mass is 16.6. The normalized spacial score (nSPS) is 10.2. The molecule has 98 valence electrons. The molecule has 2 aromatic carbocycles. The fraction of sp³-hybridized carbons (Fsp3) is 0.143. The van der Waals surface area contributed by atoms with Crippen molar-refractivity contribution >= 4 is 17.1 Å². The van der Waals surface area contributed by atoms with Crippen LogP contribution in [0.1, 0.15) is 11.1 Å². The minimum absolute atomic E-state index is 0.0677. The Morgan fingerprint density at radius 1 is 1.26 bits per heavy atom. The van der Waals surface area contributed by atoms with Gasteiger partial charge in [0.15, 0.2) is 0 Å². The number of nitrogens with zero attached hydrogens (tertiary/aromatic N) is 1. The van der Waals surface area contributed by atoms with Crippen molar-refractivity contribution in [2.75, 3.05) is 5.32 Å². The second-order valence-corrected chi connectivity index (χ2v) is 4.26. The van der Waals surface area contributed by atoms with Gasteiger partial charge in [-0.1, -0.05) is 24.3 Å². The lowest BCUT2D eigenvalue weighted by molar-refractivity contribution is -0.383. The Labute approximate surface area is 111 Å². The molecular formula is C14H15N3O2. The van der Waals surface area contributed by atoms with Crippen LogP contribution in [-0.2, 0) is 6.54 Å². The lowest BCUT2D eigenvalue weighted by Crippen LogP contribution is -2.01. The van der Waals surface area contributed by atoms with E-state index < -0.39 is 0 Å². The van der Waals surface area contributed by atoms with Crippen LogP contribution in [-0.4, -0.2) is 4.92 Å². The minimum atomic E-state index is -0.387. The Morgan fingerprint density at radius 3 is 2.68 bits per heavy atom. The molecule has 0 amide bonds. The van der Waals surface area contributed by atoms with E-state index in [1.807, 2.05) is 37.3 Å². The molecule has 19 heavy (non-hydrogen) atoms. The van der Waals surface area contributed by atoms with E-state index in [-0.39, 0.29) is 10.6 Å². The van der Waals surface area contributed by atoms with Gasteiger partial charge in [0.1, 0.15) is 5.69 Å². The molecule has 0 unspecified atom stereocenters. The summed E-state index contributed by atoms with van der Waals surface area (Å²) in [6, 6.07) is 12.5. The number of nitro benzene ring substituents is 1. The van der Waals surface area contributed by atoms with E-state index in [0.717, 1.165) is 16.8 Å². The lowest BCUT2D eigenvalue weighted by Gasteiger charge is -2.10. The second kappa shape index (κ2) is 5.49. The molecule has 2 aromatic rings. The van der Waals surface area contributed by atoms with Crippen LogP contribution in [0.3, 0.4) is 0 Å². The quantitative estimate of drug-likeness (QED) is 0.651. The number of para-hydroxylation sites is 1. The van der Waals surface area contributed by atoms with Crippen LogP contribution in [0.25, 0.3) is 0 Å². The molecule has 0 atom stereocenters. The van der Waals surface area contributed by atoms with Crippen molar-refractivity contribution in [3.8, 4) is 0 Å². The van der Waals surface area contributed by atoms with E-state index >= 15 is 0 Å². The van der Waals surface area contributed by atoms with Gasteiger partial charge in [-0.25, -0.2) is 0 Å².